The summed E-state index contributed by atoms with van der Waals surface area (Å²) in [6, 6.07) is 29.4. The highest BCUT2D eigenvalue weighted by atomic mass is 15.0. The molecule has 0 fully saturated rings. The van der Waals surface area contributed by atoms with Crippen LogP contribution in [0, 0.1) is 5.92 Å². The largest absolute Gasteiger partial charge is 0.308 e. The van der Waals surface area contributed by atoms with E-state index in [2.05, 4.69) is 89.3 Å². The van der Waals surface area contributed by atoms with Crippen LogP contribution in [0.2, 0.25) is 0 Å². The maximum atomic E-state index is 4.76. The maximum absolute atomic E-state index is 4.76. The summed E-state index contributed by atoms with van der Waals surface area (Å²) in [6.07, 6.45) is 15.1. The smallest absolute Gasteiger partial charge is 0.0923 e. The quantitative estimate of drug-likeness (QED) is 0.224. The molecule has 5 nitrogen and oxygen atoms in total. The van der Waals surface area contributed by atoms with Gasteiger partial charge in [0.25, 0.3) is 0 Å². The minimum absolute atomic E-state index is 0.519. The average molecular weight is 542 g/mol. The molecule has 0 aliphatic heterocycles. The van der Waals surface area contributed by atoms with Crippen molar-refractivity contribution in [2.75, 3.05) is 0 Å². The second-order valence-electron chi connectivity index (χ2n) is 10.9. The first-order chi connectivity index (χ1) is 20.7. The molecule has 7 aromatic rings. The van der Waals surface area contributed by atoms with Gasteiger partial charge in [0, 0.05) is 64.3 Å². The molecule has 0 radical (unpaired) electrons. The highest BCUT2D eigenvalue weighted by Gasteiger charge is 2.21. The van der Waals surface area contributed by atoms with Crippen molar-refractivity contribution in [2.45, 2.75) is 13.3 Å². The number of fused-ring (bicyclic) bond motifs is 4. The van der Waals surface area contributed by atoms with Crippen LogP contribution < -0.4 is 0 Å². The molecule has 200 valence electrons. The Labute approximate surface area is 243 Å². The van der Waals surface area contributed by atoms with E-state index in [0.717, 1.165) is 62.2 Å². The Kier molecular flexibility index (Phi) is 5.74. The molecule has 0 saturated carbocycles. The van der Waals surface area contributed by atoms with Gasteiger partial charge in [0.2, 0.25) is 0 Å². The van der Waals surface area contributed by atoms with Crippen LogP contribution in [0.5, 0.6) is 0 Å². The Balaban J connectivity index is 1.07. The zero-order valence-corrected chi connectivity index (χ0v) is 23.1. The number of hydrogen-bond acceptors (Lipinski definition) is 4. The number of hydrogen-bond donors (Lipinski definition) is 0. The number of rotatable bonds is 4. The lowest BCUT2D eigenvalue weighted by Crippen LogP contribution is -2.05. The molecule has 1 unspecified atom stereocenters. The molecule has 1 aliphatic carbocycles. The third-order valence-corrected chi connectivity index (χ3v) is 8.20. The Bertz CT molecular complexity index is 2100. The molecule has 0 bridgehead atoms. The van der Waals surface area contributed by atoms with Crippen LogP contribution in [0.3, 0.4) is 0 Å². The lowest BCUT2D eigenvalue weighted by Gasteiger charge is -2.15. The Morgan fingerprint density at radius 1 is 0.690 bits per heavy atom. The Morgan fingerprint density at radius 2 is 1.45 bits per heavy atom. The first kappa shape index (κ1) is 24.4. The van der Waals surface area contributed by atoms with Crippen LogP contribution in [0.4, 0.5) is 0 Å². The van der Waals surface area contributed by atoms with Crippen LogP contribution >= 0.6 is 0 Å². The van der Waals surface area contributed by atoms with Gasteiger partial charge in [-0.2, -0.15) is 0 Å². The van der Waals surface area contributed by atoms with Crippen LogP contribution in [0.1, 0.15) is 18.2 Å². The summed E-state index contributed by atoms with van der Waals surface area (Å²) in [4.78, 5) is 18.6. The van der Waals surface area contributed by atoms with Gasteiger partial charge >= 0.3 is 0 Å². The topological polar surface area (TPSA) is 56.5 Å². The first-order valence-electron chi connectivity index (χ1n) is 14.3. The van der Waals surface area contributed by atoms with Gasteiger partial charge < -0.3 is 4.57 Å². The molecule has 1 atom stereocenters. The molecule has 42 heavy (non-hydrogen) atoms. The van der Waals surface area contributed by atoms with E-state index in [1.54, 1.807) is 0 Å². The predicted octanol–water partition coefficient (Wildman–Crippen LogP) is 8.57. The summed E-state index contributed by atoms with van der Waals surface area (Å²) in [5.41, 5.74) is 11.9. The van der Waals surface area contributed by atoms with Crippen LogP contribution in [0.15, 0.2) is 122 Å². The van der Waals surface area contributed by atoms with E-state index in [1.165, 1.54) is 16.6 Å². The molecule has 0 amide bonds. The SMILES string of the molecule is CC1C=Cc2c(c3ncccc3n2-c2ccc(-c3ccc(-c4ccc(-c5cncc6ccccc56)cn4)nc3)cc2)C1. The molecule has 5 aromatic heterocycles. The fourth-order valence-corrected chi connectivity index (χ4v) is 6.07. The van der Waals surface area contributed by atoms with Crippen molar-refractivity contribution in [3.63, 3.8) is 0 Å². The highest BCUT2D eigenvalue weighted by Crippen LogP contribution is 2.35. The van der Waals surface area contributed by atoms with Crippen molar-refractivity contribution in [3.05, 3.63) is 133 Å². The van der Waals surface area contributed by atoms with Crippen molar-refractivity contribution in [1.29, 1.82) is 0 Å². The van der Waals surface area contributed by atoms with Gasteiger partial charge in [-0.25, -0.2) is 0 Å². The molecule has 0 spiro atoms. The van der Waals surface area contributed by atoms with Gasteiger partial charge in [-0.1, -0.05) is 61.5 Å². The van der Waals surface area contributed by atoms with Crippen LogP contribution in [-0.2, 0) is 6.42 Å². The van der Waals surface area contributed by atoms with Crippen LogP contribution in [-0.4, -0.2) is 24.5 Å². The summed E-state index contributed by atoms with van der Waals surface area (Å²) >= 11 is 0. The molecule has 1 aliphatic rings. The molecule has 2 aromatic carbocycles. The van der Waals surface area contributed by atoms with Crippen molar-refractivity contribution in [3.8, 4) is 39.3 Å². The minimum atomic E-state index is 0.519. The molecule has 8 rings (SSSR count). The molecular weight excluding hydrogens is 514 g/mol. The van der Waals surface area contributed by atoms with E-state index in [0.29, 0.717) is 5.92 Å². The van der Waals surface area contributed by atoms with Gasteiger partial charge in [0.1, 0.15) is 0 Å². The lowest BCUT2D eigenvalue weighted by atomic mass is 9.94. The van der Waals surface area contributed by atoms with Gasteiger partial charge in [0.15, 0.2) is 0 Å². The molecular formula is C37H27N5. The summed E-state index contributed by atoms with van der Waals surface area (Å²) in [5.74, 6) is 0.519. The van der Waals surface area contributed by atoms with Gasteiger partial charge in [-0.15, -0.1) is 0 Å². The van der Waals surface area contributed by atoms with Crippen LogP contribution in [0.25, 0.3) is 67.2 Å². The monoisotopic (exact) mass is 541 g/mol. The standard InChI is InChI=1S/C37H27N5/c1-24-8-17-35-31(19-24)37-36(7-4-18-39-37)42(35)29-13-9-25(10-14-29)26-11-15-33(40-21-26)34-16-12-28(22-41-34)32-23-38-20-27-5-2-3-6-30(27)32/h2-18,20-24H,19H2,1H3. The first-order valence-corrected chi connectivity index (χ1v) is 14.3. The number of benzene rings is 2. The van der Waals surface area contributed by atoms with E-state index in [9.17, 15) is 0 Å². The fraction of sp³-hybridized carbons (Fsp3) is 0.0811. The number of aromatic nitrogens is 5. The van der Waals surface area contributed by atoms with Crippen molar-refractivity contribution < 1.29 is 0 Å². The lowest BCUT2D eigenvalue weighted by molar-refractivity contribution is 0.717. The fourth-order valence-electron chi connectivity index (χ4n) is 6.07. The van der Waals surface area contributed by atoms with Gasteiger partial charge in [0.05, 0.1) is 28.1 Å². The van der Waals surface area contributed by atoms with E-state index in [-0.39, 0.29) is 0 Å². The molecule has 0 saturated heterocycles. The van der Waals surface area contributed by atoms with Crippen molar-refractivity contribution in [1.82, 2.24) is 24.5 Å². The second-order valence-corrected chi connectivity index (χ2v) is 10.9. The third kappa shape index (κ3) is 4.10. The van der Waals surface area contributed by atoms with E-state index in [1.807, 2.05) is 55.2 Å². The number of allylic oxidation sites excluding steroid dienone is 1. The van der Waals surface area contributed by atoms with Crippen molar-refractivity contribution >= 4 is 27.9 Å². The molecule has 5 heteroatoms. The van der Waals surface area contributed by atoms with Gasteiger partial charge in [-0.3, -0.25) is 19.9 Å². The normalized spacial score (nSPS) is 14.4. The van der Waals surface area contributed by atoms with E-state index >= 15 is 0 Å². The van der Waals surface area contributed by atoms with E-state index < -0.39 is 0 Å². The summed E-state index contributed by atoms with van der Waals surface area (Å²) in [5, 5.41) is 2.29. The summed E-state index contributed by atoms with van der Waals surface area (Å²) < 4.78 is 2.33. The second kappa shape index (κ2) is 9.89. The zero-order chi connectivity index (χ0) is 28.0. The van der Waals surface area contributed by atoms with E-state index in [4.69, 9.17) is 15.0 Å². The summed E-state index contributed by atoms with van der Waals surface area (Å²) in [7, 11) is 0. The number of nitrogens with zero attached hydrogens (tertiary/aromatic N) is 5. The maximum Gasteiger partial charge on any atom is 0.0923 e. The van der Waals surface area contributed by atoms with Crippen molar-refractivity contribution in [2.24, 2.45) is 5.92 Å². The Morgan fingerprint density at radius 3 is 2.24 bits per heavy atom. The van der Waals surface area contributed by atoms with Gasteiger partial charge in [-0.05, 0) is 65.8 Å². The minimum Gasteiger partial charge on any atom is -0.308 e. The summed E-state index contributed by atoms with van der Waals surface area (Å²) in [6.45, 7) is 2.26. The zero-order valence-electron chi connectivity index (χ0n) is 23.1. The highest BCUT2D eigenvalue weighted by molar-refractivity contribution is 5.95. The molecule has 5 heterocycles. The Hall–Kier alpha value is -5.42. The number of pyridine rings is 4. The third-order valence-electron chi connectivity index (χ3n) is 8.20. The molecule has 0 N–H and O–H groups in total. The average Bonchev–Trinajstić information content (AvgIpc) is 3.38. The predicted molar refractivity (Wildman–Crippen MR) is 170 cm³/mol.